The zero-order valence-corrected chi connectivity index (χ0v) is 13.4. The quantitative estimate of drug-likeness (QED) is 0.320. The molecule has 1 aromatic heterocycles. The summed E-state index contributed by atoms with van der Waals surface area (Å²) in [4.78, 5) is 12.8. The van der Waals surface area contributed by atoms with Gasteiger partial charge in [-0.3, -0.25) is 4.79 Å². The van der Waals surface area contributed by atoms with Gasteiger partial charge in [0.05, 0.1) is 5.57 Å². The Labute approximate surface area is 145 Å². The third-order valence-corrected chi connectivity index (χ3v) is 3.92. The van der Waals surface area contributed by atoms with Crippen LogP contribution in [0.2, 0.25) is 0 Å². The van der Waals surface area contributed by atoms with E-state index in [1.165, 1.54) is 0 Å². The molecule has 2 aromatic carbocycles. The summed E-state index contributed by atoms with van der Waals surface area (Å²) in [5.41, 5.74) is 0.493. The van der Waals surface area contributed by atoms with E-state index in [4.69, 9.17) is 0 Å². The molecule has 0 spiro atoms. The first-order chi connectivity index (χ1) is 12.2. The van der Waals surface area contributed by atoms with Crippen molar-refractivity contribution in [3.05, 3.63) is 89.8 Å². The largest absolute Gasteiger partial charge is 0.289 e. The van der Waals surface area contributed by atoms with Crippen LogP contribution < -0.4 is 4.57 Å². The van der Waals surface area contributed by atoms with E-state index in [2.05, 4.69) is 0 Å². The van der Waals surface area contributed by atoms with Crippen molar-refractivity contribution in [2.75, 3.05) is 0 Å². The Hall–Kier alpha value is -3.76. The molecule has 0 aliphatic heterocycles. The van der Waals surface area contributed by atoms with Crippen molar-refractivity contribution in [3.8, 4) is 12.1 Å². The lowest BCUT2D eigenvalue weighted by Gasteiger charge is -2.05. The summed E-state index contributed by atoms with van der Waals surface area (Å²) < 4.78 is 1.81. The summed E-state index contributed by atoms with van der Waals surface area (Å²) in [7, 11) is 0. The Morgan fingerprint density at radius 3 is 2.20 bits per heavy atom. The van der Waals surface area contributed by atoms with E-state index in [9.17, 15) is 15.3 Å². The minimum atomic E-state index is -0.306. The lowest BCUT2D eigenvalue weighted by Crippen LogP contribution is -2.36. The molecule has 3 rings (SSSR count). The number of Topliss-reactive ketones (excluding diaryl/α,β-unsaturated/α-hetero) is 1. The molecule has 1 heterocycles. The molecule has 118 valence electrons. The second-order valence-electron chi connectivity index (χ2n) is 5.52. The zero-order valence-electron chi connectivity index (χ0n) is 13.4. The number of nitrogens with zero attached hydrogens (tertiary/aromatic N) is 3. The molecule has 0 aliphatic rings. The standard InChI is InChI=1S/C21H14N3O/c22-12-19(13-23)20(21(25)17-7-2-1-3-8-17)15-24-11-10-16-6-4-5-9-18(16)14-24/h1-11,14H,15H2/q+1. The van der Waals surface area contributed by atoms with Crippen LogP contribution >= 0.6 is 0 Å². The maximum atomic E-state index is 12.8. The Bertz CT molecular complexity index is 1040. The van der Waals surface area contributed by atoms with Gasteiger partial charge in [0.15, 0.2) is 24.7 Å². The third kappa shape index (κ3) is 3.44. The van der Waals surface area contributed by atoms with Crippen molar-refractivity contribution in [3.63, 3.8) is 0 Å². The maximum absolute atomic E-state index is 12.8. The van der Waals surface area contributed by atoms with Crippen LogP contribution in [0, 0.1) is 22.7 Å². The number of pyridine rings is 1. The van der Waals surface area contributed by atoms with Crippen LogP contribution in [-0.4, -0.2) is 5.78 Å². The van der Waals surface area contributed by atoms with Gasteiger partial charge >= 0.3 is 0 Å². The molecule has 0 bridgehead atoms. The van der Waals surface area contributed by atoms with Crippen molar-refractivity contribution in [1.29, 1.82) is 10.5 Å². The summed E-state index contributed by atoms with van der Waals surface area (Å²) in [5, 5.41) is 20.6. The Kier molecular flexibility index (Phi) is 4.65. The third-order valence-electron chi connectivity index (χ3n) is 3.92. The minimum absolute atomic E-state index is 0.158. The fraction of sp³-hybridized carbons (Fsp3) is 0.0476. The highest BCUT2D eigenvalue weighted by atomic mass is 16.1. The average Bonchev–Trinajstić information content (AvgIpc) is 2.68. The molecule has 0 aliphatic carbocycles. The summed E-state index contributed by atoms with van der Waals surface area (Å²) in [6.45, 7) is 0.162. The van der Waals surface area contributed by atoms with Gasteiger partial charge in [0, 0.05) is 17.0 Å². The smallest absolute Gasteiger partial charge is 0.197 e. The maximum Gasteiger partial charge on any atom is 0.197 e. The van der Waals surface area contributed by atoms with Crippen LogP contribution in [0.25, 0.3) is 10.8 Å². The second kappa shape index (κ2) is 7.21. The van der Waals surface area contributed by atoms with Crippen LogP contribution in [-0.2, 0) is 6.54 Å². The number of carbonyl (C=O) groups is 1. The second-order valence-corrected chi connectivity index (χ2v) is 5.52. The summed E-state index contributed by atoms with van der Waals surface area (Å²) in [6.07, 6.45) is 3.74. The normalized spacial score (nSPS) is 9.84. The summed E-state index contributed by atoms with van der Waals surface area (Å²) in [5.74, 6) is -0.306. The number of hydrogen-bond acceptors (Lipinski definition) is 3. The zero-order chi connectivity index (χ0) is 17.6. The van der Waals surface area contributed by atoms with E-state index in [-0.39, 0.29) is 23.5 Å². The van der Waals surface area contributed by atoms with E-state index in [0.29, 0.717) is 5.56 Å². The predicted octanol–water partition coefficient (Wildman–Crippen LogP) is 3.35. The van der Waals surface area contributed by atoms with E-state index < -0.39 is 0 Å². The molecule has 4 heteroatoms. The van der Waals surface area contributed by atoms with Crippen molar-refractivity contribution >= 4 is 16.6 Å². The number of rotatable bonds is 4. The van der Waals surface area contributed by atoms with Crippen molar-refractivity contribution < 1.29 is 9.36 Å². The molecule has 0 saturated carbocycles. The van der Waals surface area contributed by atoms with E-state index >= 15 is 0 Å². The van der Waals surface area contributed by atoms with Crippen molar-refractivity contribution in [1.82, 2.24) is 0 Å². The summed E-state index contributed by atoms with van der Waals surface area (Å²) in [6, 6.07) is 22.2. The highest BCUT2D eigenvalue weighted by Crippen LogP contribution is 2.14. The molecule has 4 nitrogen and oxygen atoms in total. The average molecular weight is 324 g/mol. The minimum Gasteiger partial charge on any atom is -0.289 e. The van der Waals surface area contributed by atoms with Gasteiger partial charge < -0.3 is 0 Å². The van der Waals surface area contributed by atoms with Gasteiger partial charge in [-0.05, 0) is 11.5 Å². The number of hydrogen-bond donors (Lipinski definition) is 0. The fourth-order valence-electron chi connectivity index (χ4n) is 2.65. The SMILES string of the molecule is N#CC(C#N)=C(C[n+]1ccc2ccccc2c1)C(=O)c1ccccc1. The predicted molar refractivity (Wildman–Crippen MR) is 93.2 cm³/mol. The van der Waals surface area contributed by atoms with Crippen LogP contribution in [0.1, 0.15) is 10.4 Å². The molecule has 0 saturated heterocycles. The van der Waals surface area contributed by atoms with Crippen molar-refractivity contribution in [2.45, 2.75) is 6.54 Å². The Morgan fingerprint density at radius 2 is 1.52 bits per heavy atom. The Morgan fingerprint density at radius 1 is 0.880 bits per heavy atom. The first-order valence-electron chi connectivity index (χ1n) is 7.74. The molecule has 0 atom stereocenters. The molecule has 0 unspecified atom stereocenters. The molecular weight excluding hydrogens is 310 g/mol. The monoisotopic (exact) mass is 324 g/mol. The Balaban J connectivity index is 2.04. The highest BCUT2D eigenvalue weighted by Gasteiger charge is 2.21. The molecule has 0 amide bonds. The van der Waals surface area contributed by atoms with E-state index in [1.807, 2.05) is 65.5 Å². The van der Waals surface area contributed by atoms with Gasteiger partial charge in [-0.15, -0.1) is 0 Å². The number of ketones is 1. The van der Waals surface area contributed by atoms with Gasteiger partial charge in [-0.2, -0.15) is 15.1 Å². The topological polar surface area (TPSA) is 68.5 Å². The van der Waals surface area contributed by atoms with E-state index in [1.54, 1.807) is 24.3 Å². The van der Waals surface area contributed by atoms with Crippen molar-refractivity contribution in [2.24, 2.45) is 0 Å². The van der Waals surface area contributed by atoms with Gasteiger partial charge in [-0.25, -0.2) is 0 Å². The molecule has 0 fully saturated rings. The number of aromatic nitrogens is 1. The number of nitriles is 2. The van der Waals surface area contributed by atoms with Gasteiger partial charge in [0.1, 0.15) is 17.7 Å². The first kappa shape index (κ1) is 16.1. The highest BCUT2D eigenvalue weighted by molar-refractivity contribution is 6.09. The van der Waals surface area contributed by atoms with E-state index in [0.717, 1.165) is 10.8 Å². The lowest BCUT2D eigenvalue weighted by molar-refractivity contribution is -0.686. The number of benzene rings is 2. The molecular formula is C21H14N3O+. The molecule has 0 radical (unpaired) electrons. The number of allylic oxidation sites excluding steroid dienone is 2. The van der Waals surface area contributed by atoms with Crippen LogP contribution in [0.3, 0.4) is 0 Å². The van der Waals surface area contributed by atoms with Gasteiger partial charge in [0.2, 0.25) is 0 Å². The van der Waals surface area contributed by atoms with Crippen LogP contribution in [0.5, 0.6) is 0 Å². The fourth-order valence-corrected chi connectivity index (χ4v) is 2.65. The first-order valence-corrected chi connectivity index (χ1v) is 7.74. The molecule has 25 heavy (non-hydrogen) atoms. The summed E-state index contributed by atoms with van der Waals surface area (Å²) >= 11 is 0. The lowest BCUT2D eigenvalue weighted by atomic mass is 9.99. The van der Waals surface area contributed by atoms with Crippen LogP contribution in [0.15, 0.2) is 84.2 Å². The molecule has 0 N–H and O–H groups in total. The van der Waals surface area contributed by atoms with Crippen LogP contribution in [0.4, 0.5) is 0 Å². The van der Waals surface area contributed by atoms with Gasteiger partial charge in [0.25, 0.3) is 0 Å². The van der Waals surface area contributed by atoms with Gasteiger partial charge in [-0.1, -0.05) is 48.5 Å². The number of carbonyl (C=O) groups excluding carboxylic acids is 1. The molecule has 3 aromatic rings. The number of fused-ring (bicyclic) bond motifs is 1.